The molecule has 6 aliphatic rings. The number of likely N-dealkylation sites (tertiary alicyclic amines) is 2. The van der Waals surface area contributed by atoms with Gasteiger partial charge in [0.1, 0.15) is 11.6 Å². The molecule has 8 heteroatoms. The first-order chi connectivity index (χ1) is 19.7. The van der Waals surface area contributed by atoms with Crippen molar-refractivity contribution in [2.75, 3.05) is 36.4 Å². The first-order valence-corrected chi connectivity index (χ1v) is 15.1. The van der Waals surface area contributed by atoms with Gasteiger partial charge in [-0.05, 0) is 75.0 Å². The van der Waals surface area contributed by atoms with Crippen molar-refractivity contribution in [3.05, 3.63) is 72.2 Å². The number of carbonyl (C=O) groups excluding carboxylic acids is 1. The van der Waals surface area contributed by atoms with Gasteiger partial charge in [0.25, 0.3) is 0 Å². The normalized spacial score (nSPS) is 26.8. The quantitative estimate of drug-likeness (QED) is 0.425. The van der Waals surface area contributed by atoms with Gasteiger partial charge >= 0.3 is 0 Å². The van der Waals surface area contributed by atoms with Crippen LogP contribution in [0.1, 0.15) is 75.2 Å². The molecule has 1 aromatic carbocycles. The van der Waals surface area contributed by atoms with E-state index in [1.165, 1.54) is 42.9 Å². The average molecular weight is 552 g/mol. The third-order valence-electron chi connectivity index (χ3n) is 10.2. The highest BCUT2D eigenvalue weighted by Crippen LogP contribution is 2.68. The molecule has 1 N–H and O–H groups in total. The Balaban J connectivity index is 1.04. The van der Waals surface area contributed by atoms with Gasteiger partial charge in [0.15, 0.2) is 0 Å². The molecule has 3 aliphatic heterocycles. The van der Waals surface area contributed by atoms with E-state index in [9.17, 15) is 4.79 Å². The first-order valence-electron chi connectivity index (χ1n) is 15.1. The minimum Gasteiger partial charge on any atom is -0.348 e. The molecule has 3 aliphatic carbocycles. The van der Waals surface area contributed by atoms with E-state index in [0.717, 1.165) is 43.5 Å². The van der Waals surface area contributed by atoms with Crippen LogP contribution in [-0.2, 0) is 4.79 Å². The Morgan fingerprint density at radius 2 is 1.78 bits per heavy atom. The second-order valence-electron chi connectivity index (χ2n) is 13.6. The number of hydrogen-bond donors (Lipinski definition) is 1. The standard InChI is InChI=1S/C33H41N7O/c1-6-29(41)39-19-33(20-39)17-38(18-33)28(14-32-11-24(12-32)13-32)26-9-7-25(8-10-26)22(4)36-31-35-16-27-15-34-23(5)40(21(2)3)30(27)37-31/h6-10,15-16,21-22,24,28H,1,5,11-14,17-20H2,2-4H3,(H,35,36,37)/t22-,24?,28?,32?/m0/s1. The predicted octanol–water partition coefficient (Wildman–Crippen LogP) is 5.33. The highest BCUT2D eigenvalue weighted by atomic mass is 16.2. The molecule has 2 saturated heterocycles. The van der Waals surface area contributed by atoms with Crippen LogP contribution in [0.2, 0.25) is 0 Å². The lowest BCUT2D eigenvalue weighted by molar-refractivity contribution is -0.172. The molecule has 2 aromatic rings. The van der Waals surface area contributed by atoms with Crippen LogP contribution in [-0.4, -0.2) is 64.1 Å². The lowest BCUT2D eigenvalue weighted by atomic mass is 9.42. The van der Waals surface area contributed by atoms with Crippen molar-refractivity contribution in [2.45, 2.75) is 64.6 Å². The molecule has 2 bridgehead atoms. The second-order valence-corrected chi connectivity index (χ2v) is 13.6. The molecule has 0 radical (unpaired) electrons. The summed E-state index contributed by atoms with van der Waals surface area (Å²) >= 11 is 0. The van der Waals surface area contributed by atoms with Gasteiger partial charge in [-0.2, -0.15) is 4.98 Å². The average Bonchev–Trinajstić information content (AvgIpc) is 2.86. The smallest absolute Gasteiger partial charge is 0.245 e. The van der Waals surface area contributed by atoms with Crippen LogP contribution in [0.25, 0.3) is 0 Å². The first kappa shape index (κ1) is 26.4. The number of aliphatic imine (C=N–C) groups is 1. The maximum atomic E-state index is 12.0. The van der Waals surface area contributed by atoms with E-state index in [-0.39, 0.29) is 23.4 Å². The van der Waals surface area contributed by atoms with E-state index in [1.54, 1.807) is 6.21 Å². The highest BCUT2D eigenvalue weighted by molar-refractivity contribution is 5.90. The van der Waals surface area contributed by atoms with Crippen LogP contribution < -0.4 is 10.2 Å². The number of fused-ring (bicyclic) bond motifs is 1. The van der Waals surface area contributed by atoms with Crippen molar-refractivity contribution >= 4 is 23.9 Å². The third kappa shape index (κ3) is 4.47. The number of carbonyl (C=O) groups is 1. The molecular weight excluding hydrogens is 510 g/mol. The van der Waals surface area contributed by atoms with Crippen LogP contribution in [0.5, 0.6) is 0 Å². The number of hydrogen-bond acceptors (Lipinski definition) is 7. The molecule has 3 saturated carbocycles. The van der Waals surface area contributed by atoms with Gasteiger partial charge in [-0.3, -0.25) is 9.69 Å². The number of amides is 1. The summed E-state index contributed by atoms with van der Waals surface area (Å²) in [7, 11) is 0. The van der Waals surface area contributed by atoms with E-state index in [4.69, 9.17) is 4.98 Å². The molecule has 8 nitrogen and oxygen atoms in total. The minimum atomic E-state index is 0.0572. The molecule has 4 heterocycles. The van der Waals surface area contributed by atoms with Gasteiger partial charge in [-0.1, -0.05) is 37.4 Å². The fourth-order valence-corrected chi connectivity index (χ4v) is 7.95. The van der Waals surface area contributed by atoms with Crippen molar-refractivity contribution < 1.29 is 4.79 Å². The molecule has 5 fully saturated rings. The molecule has 1 unspecified atom stereocenters. The largest absolute Gasteiger partial charge is 0.348 e. The summed E-state index contributed by atoms with van der Waals surface area (Å²) in [4.78, 5) is 32.5. The summed E-state index contributed by atoms with van der Waals surface area (Å²) in [6, 6.07) is 9.89. The lowest BCUT2D eigenvalue weighted by Gasteiger charge is -2.66. The Labute approximate surface area is 243 Å². The van der Waals surface area contributed by atoms with Gasteiger partial charge in [-0.15, -0.1) is 0 Å². The zero-order chi connectivity index (χ0) is 28.5. The van der Waals surface area contributed by atoms with Crippen LogP contribution in [0.3, 0.4) is 0 Å². The molecule has 214 valence electrons. The van der Waals surface area contributed by atoms with Crippen molar-refractivity contribution in [3.8, 4) is 0 Å². The van der Waals surface area contributed by atoms with E-state index in [2.05, 4.69) is 78.4 Å². The predicted molar refractivity (Wildman–Crippen MR) is 163 cm³/mol. The molecule has 1 amide bonds. The summed E-state index contributed by atoms with van der Waals surface area (Å²) in [6.07, 6.45) is 10.6. The lowest BCUT2D eigenvalue weighted by Crippen LogP contribution is -2.73. The summed E-state index contributed by atoms with van der Waals surface area (Å²) in [5.41, 5.74) is 4.38. The molecule has 1 spiro atoms. The molecular formula is C33H41N7O. The summed E-state index contributed by atoms with van der Waals surface area (Å²) < 4.78 is 0. The van der Waals surface area contributed by atoms with E-state index < -0.39 is 0 Å². The molecule has 1 aromatic heterocycles. The van der Waals surface area contributed by atoms with E-state index in [0.29, 0.717) is 23.2 Å². The van der Waals surface area contributed by atoms with Crippen LogP contribution in [0, 0.1) is 16.7 Å². The fourth-order valence-electron chi connectivity index (χ4n) is 7.95. The van der Waals surface area contributed by atoms with Crippen molar-refractivity contribution in [3.63, 3.8) is 0 Å². The van der Waals surface area contributed by atoms with Gasteiger partial charge < -0.3 is 15.1 Å². The molecule has 41 heavy (non-hydrogen) atoms. The SMILES string of the molecule is C=CC(=O)N1CC2(C1)CN(C(CC13CC(C1)C3)c1ccc([C@H](C)Nc3ncc4c(n3)N(C(C)C)C(=C)N=C4)cc1)C2. The maximum Gasteiger partial charge on any atom is 0.245 e. The third-order valence-corrected chi connectivity index (χ3v) is 10.2. The van der Waals surface area contributed by atoms with Crippen molar-refractivity contribution in [1.29, 1.82) is 0 Å². The zero-order valence-electron chi connectivity index (χ0n) is 24.5. The number of aromatic nitrogens is 2. The Hall–Kier alpha value is -3.52. The van der Waals surface area contributed by atoms with Crippen molar-refractivity contribution in [2.24, 2.45) is 21.7 Å². The molecule has 8 rings (SSSR count). The summed E-state index contributed by atoms with van der Waals surface area (Å²) in [6.45, 7) is 18.0. The number of nitrogens with one attached hydrogen (secondary N) is 1. The maximum absolute atomic E-state index is 12.0. The highest BCUT2D eigenvalue weighted by Gasteiger charge is 2.59. The molecule has 2 atom stereocenters. The van der Waals surface area contributed by atoms with Crippen molar-refractivity contribution in [1.82, 2.24) is 19.8 Å². The topological polar surface area (TPSA) is 77.0 Å². The van der Waals surface area contributed by atoms with Crippen LogP contribution in [0.15, 0.2) is 60.5 Å². The Morgan fingerprint density at radius 1 is 1.10 bits per heavy atom. The van der Waals surface area contributed by atoms with Crippen LogP contribution in [0.4, 0.5) is 11.8 Å². The van der Waals surface area contributed by atoms with Gasteiger partial charge in [0.2, 0.25) is 11.9 Å². The summed E-state index contributed by atoms with van der Waals surface area (Å²) in [5, 5.41) is 3.51. The van der Waals surface area contributed by atoms with Crippen LogP contribution >= 0.6 is 0 Å². The number of benzene rings is 1. The minimum absolute atomic E-state index is 0.0572. The van der Waals surface area contributed by atoms with Gasteiger partial charge in [-0.25, -0.2) is 9.98 Å². The van der Waals surface area contributed by atoms with E-state index >= 15 is 0 Å². The second kappa shape index (κ2) is 9.51. The Morgan fingerprint density at radius 3 is 2.39 bits per heavy atom. The Bertz CT molecular complexity index is 1400. The van der Waals surface area contributed by atoms with Gasteiger partial charge in [0, 0.05) is 56.1 Å². The number of rotatable bonds is 9. The fraction of sp³-hybridized carbons (Fsp3) is 0.515. The van der Waals surface area contributed by atoms with E-state index in [1.807, 2.05) is 16.0 Å². The van der Waals surface area contributed by atoms with Gasteiger partial charge in [0.05, 0.1) is 11.6 Å². The Kier molecular flexibility index (Phi) is 6.12. The number of anilines is 2. The number of nitrogens with zero attached hydrogens (tertiary/aromatic N) is 6. The monoisotopic (exact) mass is 551 g/mol. The zero-order valence-corrected chi connectivity index (χ0v) is 24.5. The summed E-state index contributed by atoms with van der Waals surface area (Å²) in [5.74, 6) is 3.19.